The van der Waals surface area contributed by atoms with Gasteiger partial charge < -0.3 is 4.74 Å². The van der Waals surface area contributed by atoms with Gasteiger partial charge in [-0.3, -0.25) is 4.90 Å². The quantitative estimate of drug-likeness (QED) is 0.817. The summed E-state index contributed by atoms with van der Waals surface area (Å²) < 4.78 is 19.3. The number of likely N-dealkylation sites (N-methyl/N-ethyl adjacent to an activating group) is 1. The van der Waals surface area contributed by atoms with Crippen LogP contribution >= 0.6 is 0 Å². The summed E-state index contributed by atoms with van der Waals surface area (Å²) in [7, 11) is 0. The average Bonchev–Trinajstić information content (AvgIpc) is 2.38. The molecule has 0 spiro atoms. The molecule has 100 valence electrons. The minimum Gasteiger partial charge on any atom is -0.371 e. The van der Waals surface area contributed by atoms with Crippen molar-refractivity contribution in [3.8, 4) is 0 Å². The van der Waals surface area contributed by atoms with Crippen LogP contribution in [0, 0.1) is 5.82 Å². The van der Waals surface area contributed by atoms with Crippen molar-refractivity contribution < 1.29 is 9.13 Å². The number of rotatable bonds is 3. The third-order valence-corrected chi connectivity index (χ3v) is 3.62. The molecule has 3 heteroatoms. The highest BCUT2D eigenvalue weighted by Gasteiger charge is 2.24. The third-order valence-electron chi connectivity index (χ3n) is 3.62. The number of benzene rings is 1. The van der Waals surface area contributed by atoms with Crippen LogP contribution < -0.4 is 0 Å². The Labute approximate surface area is 109 Å². The van der Waals surface area contributed by atoms with E-state index in [1.807, 2.05) is 6.07 Å². The van der Waals surface area contributed by atoms with E-state index in [1.54, 1.807) is 12.1 Å². The molecule has 1 atom stereocenters. The Morgan fingerprint density at radius 1 is 1.44 bits per heavy atom. The molecule has 1 aromatic rings. The zero-order valence-corrected chi connectivity index (χ0v) is 11.4. The summed E-state index contributed by atoms with van der Waals surface area (Å²) in [5.74, 6) is 0.216. The number of morpholine rings is 1. The van der Waals surface area contributed by atoms with Crippen molar-refractivity contribution in [2.75, 3.05) is 26.2 Å². The van der Waals surface area contributed by atoms with Crippen LogP contribution in [0.4, 0.5) is 4.39 Å². The van der Waals surface area contributed by atoms with Crippen LogP contribution in [-0.4, -0.2) is 31.1 Å². The molecule has 0 amide bonds. The Morgan fingerprint density at radius 3 is 2.89 bits per heavy atom. The molecule has 1 fully saturated rings. The molecule has 1 aromatic carbocycles. The van der Waals surface area contributed by atoms with Crippen LogP contribution in [0.3, 0.4) is 0 Å². The molecule has 0 aromatic heterocycles. The lowest BCUT2D eigenvalue weighted by Gasteiger charge is -2.33. The minimum atomic E-state index is -0.174. The lowest BCUT2D eigenvalue weighted by molar-refractivity contribution is -0.0288. The van der Waals surface area contributed by atoms with E-state index in [-0.39, 0.29) is 11.9 Å². The summed E-state index contributed by atoms with van der Waals surface area (Å²) >= 11 is 0. The standard InChI is InChI=1S/C15H22FNO/c1-4-17-7-8-18-15(10-17)14-9-12(16)5-6-13(14)11(2)3/h5-6,9,11,15H,4,7-8,10H2,1-3H3. The third kappa shape index (κ3) is 2.90. The second-order valence-electron chi connectivity index (χ2n) is 5.18. The normalized spacial score (nSPS) is 21.5. The second-order valence-corrected chi connectivity index (χ2v) is 5.18. The first kappa shape index (κ1) is 13.5. The van der Waals surface area contributed by atoms with Gasteiger partial charge in [-0.2, -0.15) is 0 Å². The fourth-order valence-electron chi connectivity index (χ4n) is 2.53. The molecular formula is C15H22FNO. The number of hydrogen-bond acceptors (Lipinski definition) is 2. The minimum absolute atomic E-state index is 0.00630. The molecule has 0 saturated carbocycles. The van der Waals surface area contributed by atoms with E-state index < -0.39 is 0 Å². The van der Waals surface area contributed by atoms with Crippen LogP contribution in [0.15, 0.2) is 18.2 Å². The first-order valence-electron chi connectivity index (χ1n) is 6.75. The molecule has 0 radical (unpaired) electrons. The molecule has 1 saturated heterocycles. The molecule has 18 heavy (non-hydrogen) atoms. The number of halogens is 1. The van der Waals surface area contributed by atoms with Gasteiger partial charge >= 0.3 is 0 Å². The SMILES string of the molecule is CCN1CCOC(c2cc(F)ccc2C(C)C)C1. The van der Waals surface area contributed by atoms with E-state index >= 15 is 0 Å². The zero-order valence-electron chi connectivity index (χ0n) is 11.4. The average molecular weight is 251 g/mol. The Balaban J connectivity index is 2.28. The van der Waals surface area contributed by atoms with Crippen molar-refractivity contribution in [2.24, 2.45) is 0 Å². The summed E-state index contributed by atoms with van der Waals surface area (Å²) in [6, 6.07) is 5.07. The van der Waals surface area contributed by atoms with E-state index in [0.717, 1.165) is 31.8 Å². The van der Waals surface area contributed by atoms with Gasteiger partial charge in [-0.1, -0.05) is 26.8 Å². The molecule has 2 nitrogen and oxygen atoms in total. The Kier molecular flexibility index (Phi) is 4.36. The smallest absolute Gasteiger partial charge is 0.123 e. The van der Waals surface area contributed by atoms with Gasteiger partial charge in [0.1, 0.15) is 5.82 Å². The van der Waals surface area contributed by atoms with Gasteiger partial charge in [0, 0.05) is 13.1 Å². The maximum Gasteiger partial charge on any atom is 0.123 e. The molecule has 1 aliphatic heterocycles. The Morgan fingerprint density at radius 2 is 2.22 bits per heavy atom. The number of ether oxygens (including phenoxy) is 1. The first-order chi connectivity index (χ1) is 8.61. The second kappa shape index (κ2) is 5.81. The van der Waals surface area contributed by atoms with Crippen molar-refractivity contribution in [3.05, 3.63) is 35.1 Å². The van der Waals surface area contributed by atoms with E-state index in [1.165, 1.54) is 5.56 Å². The van der Waals surface area contributed by atoms with Crippen molar-refractivity contribution in [2.45, 2.75) is 32.8 Å². The Bertz CT molecular complexity index is 405. The summed E-state index contributed by atoms with van der Waals surface area (Å²) in [5.41, 5.74) is 2.21. The van der Waals surface area contributed by atoms with Gasteiger partial charge in [0.15, 0.2) is 0 Å². The van der Waals surface area contributed by atoms with Gasteiger partial charge in [0.25, 0.3) is 0 Å². The van der Waals surface area contributed by atoms with Crippen molar-refractivity contribution in [1.29, 1.82) is 0 Å². The molecule has 0 N–H and O–H groups in total. The molecular weight excluding hydrogens is 229 g/mol. The molecule has 2 rings (SSSR count). The maximum absolute atomic E-state index is 13.5. The van der Waals surface area contributed by atoms with Crippen LogP contribution in [0.25, 0.3) is 0 Å². The van der Waals surface area contributed by atoms with Gasteiger partial charge in [0.2, 0.25) is 0 Å². The van der Waals surface area contributed by atoms with E-state index in [2.05, 4.69) is 25.7 Å². The van der Waals surface area contributed by atoms with Gasteiger partial charge in [-0.05, 0) is 35.7 Å². The lowest BCUT2D eigenvalue weighted by Crippen LogP contribution is -2.38. The predicted molar refractivity (Wildman–Crippen MR) is 71.3 cm³/mol. The maximum atomic E-state index is 13.5. The van der Waals surface area contributed by atoms with Crippen molar-refractivity contribution >= 4 is 0 Å². The largest absolute Gasteiger partial charge is 0.371 e. The Hall–Kier alpha value is -0.930. The van der Waals surface area contributed by atoms with Crippen LogP contribution in [-0.2, 0) is 4.74 Å². The van der Waals surface area contributed by atoms with Gasteiger partial charge in [0.05, 0.1) is 12.7 Å². The summed E-state index contributed by atoms with van der Waals surface area (Å²) in [6.45, 7) is 10.0. The molecule has 1 unspecified atom stereocenters. The highest BCUT2D eigenvalue weighted by molar-refractivity contribution is 5.32. The van der Waals surface area contributed by atoms with E-state index in [9.17, 15) is 4.39 Å². The molecule has 1 heterocycles. The molecule has 0 bridgehead atoms. The predicted octanol–water partition coefficient (Wildman–Crippen LogP) is 3.34. The van der Waals surface area contributed by atoms with Crippen LogP contribution in [0.2, 0.25) is 0 Å². The molecule has 1 aliphatic rings. The van der Waals surface area contributed by atoms with E-state index in [4.69, 9.17) is 4.74 Å². The summed E-state index contributed by atoms with van der Waals surface area (Å²) in [6.07, 6.45) is 0.00630. The zero-order chi connectivity index (χ0) is 13.1. The van der Waals surface area contributed by atoms with Crippen molar-refractivity contribution in [1.82, 2.24) is 4.90 Å². The number of nitrogens with zero attached hydrogens (tertiary/aromatic N) is 1. The fourth-order valence-corrected chi connectivity index (χ4v) is 2.53. The highest BCUT2D eigenvalue weighted by Crippen LogP contribution is 2.30. The van der Waals surface area contributed by atoms with Crippen molar-refractivity contribution in [3.63, 3.8) is 0 Å². The lowest BCUT2D eigenvalue weighted by atomic mass is 9.93. The number of hydrogen-bond donors (Lipinski definition) is 0. The fraction of sp³-hybridized carbons (Fsp3) is 0.600. The van der Waals surface area contributed by atoms with Crippen LogP contribution in [0.5, 0.6) is 0 Å². The van der Waals surface area contributed by atoms with E-state index in [0.29, 0.717) is 5.92 Å². The highest BCUT2D eigenvalue weighted by atomic mass is 19.1. The van der Waals surface area contributed by atoms with Gasteiger partial charge in [-0.25, -0.2) is 4.39 Å². The summed E-state index contributed by atoms with van der Waals surface area (Å²) in [4.78, 5) is 2.35. The van der Waals surface area contributed by atoms with Crippen LogP contribution in [0.1, 0.15) is 43.9 Å². The topological polar surface area (TPSA) is 12.5 Å². The monoisotopic (exact) mass is 251 g/mol. The van der Waals surface area contributed by atoms with Gasteiger partial charge in [-0.15, -0.1) is 0 Å². The summed E-state index contributed by atoms with van der Waals surface area (Å²) in [5, 5.41) is 0. The first-order valence-corrected chi connectivity index (χ1v) is 6.75. The molecule has 0 aliphatic carbocycles.